The molecule has 0 unspecified atom stereocenters. The number of carbonyl (C=O) groups is 1. The molecular weight excluding hydrogens is 256 g/mol. The third-order valence-electron chi connectivity index (χ3n) is 2.86. The lowest BCUT2D eigenvalue weighted by molar-refractivity contribution is 0.0988. The molecule has 0 saturated carbocycles. The van der Waals surface area contributed by atoms with Crippen LogP contribution in [0, 0.1) is 0 Å². The van der Waals surface area contributed by atoms with Crippen LogP contribution in [0.1, 0.15) is 10.5 Å². The third-order valence-corrected chi connectivity index (χ3v) is 2.86. The number of anilines is 2. The van der Waals surface area contributed by atoms with Crippen LogP contribution in [0.5, 0.6) is 5.75 Å². The van der Waals surface area contributed by atoms with E-state index in [4.69, 9.17) is 10.6 Å². The fourth-order valence-corrected chi connectivity index (χ4v) is 1.74. The molecule has 1 aromatic carbocycles. The number of methoxy groups -OCH3 is 1. The Kier molecular flexibility index (Phi) is 4.17. The highest BCUT2D eigenvalue weighted by atomic mass is 16.5. The number of nitrogens with two attached hydrogens (primary N) is 1. The predicted molar refractivity (Wildman–Crippen MR) is 77.8 cm³/mol. The second-order valence-electron chi connectivity index (χ2n) is 4.12. The highest BCUT2D eigenvalue weighted by Crippen LogP contribution is 2.21. The highest BCUT2D eigenvalue weighted by molar-refractivity contribution is 6.04. The van der Waals surface area contributed by atoms with Crippen LogP contribution in [0.15, 0.2) is 42.5 Å². The number of pyridine rings is 1. The molecule has 3 N–H and O–H groups in total. The van der Waals surface area contributed by atoms with Gasteiger partial charge in [-0.3, -0.25) is 4.79 Å². The largest absolute Gasteiger partial charge is 0.497 e. The van der Waals surface area contributed by atoms with Crippen molar-refractivity contribution in [3.8, 4) is 5.75 Å². The zero-order valence-electron chi connectivity index (χ0n) is 11.3. The molecule has 104 valence electrons. The van der Waals surface area contributed by atoms with E-state index in [2.05, 4.69) is 10.4 Å². The lowest BCUT2D eigenvalue weighted by Gasteiger charge is -2.17. The molecule has 0 saturated heterocycles. The first-order valence-corrected chi connectivity index (χ1v) is 6.01. The first kappa shape index (κ1) is 13.8. The van der Waals surface area contributed by atoms with Crippen LogP contribution in [0.2, 0.25) is 0 Å². The highest BCUT2D eigenvalue weighted by Gasteiger charge is 2.15. The van der Waals surface area contributed by atoms with Crippen molar-refractivity contribution in [3.05, 3.63) is 48.2 Å². The summed E-state index contributed by atoms with van der Waals surface area (Å²) < 4.78 is 5.15. The summed E-state index contributed by atoms with van der Waals surface area (Å²) in [6, 6.07) is 12.3. The normalized spacial score (nSPS) is 9.95. The number of hydrogen-bond acceptors (Lipinski definition) is 5. The Balaban J connectivity index is 2.27. The molecule has 2 aromatic rings. The minimum absolute atomic E-state index is 0.227. The number of nitrogen functional groups attached to an aromatic ring is 1. The van der Waals surface area contributed by atoms with E-state index in [1.54, 1.807) is 38.4 Å². The van der Waals surface area contributed by atoms with Gasteiger partial charge in [-0.25, -0.2) is 10.8 Å². The van der Waals surface area contributed by atoms with Crippen molar-refractivity contribution in [2.45, 2.75) is 0 Å². The van der Waals surface area contributed by atoms with Crippen molar-refractivity contribution in [1.29, 1.82) is 0 Å². The van der Waals surface area contributed by atoms with Crippen LogP contribution in [0.3, 0.4) is 0 Å². The quantitative estimate of drug-likeness (QED) is 0.653. The summed E-state index contributed by atoms with van der Waals surface area (Å²) >= 11 is 0. The Morgan fingerprint density at radius 3 is 2.75 bits per heavy atom. The Bertz CT molecular complexity index is 616. The Hall–Kier alpha value is -2.60. The van der Waals surface area contributed by atoms with Gasteiger partial charge in [0.1, 0.15) is 17.3 Å². The molecule has 1 heterocycles. The minimum Gasteiger partial charge on any atom is -0.497 e. The molecular formula is C14H16N4O2. The number of carbonyl (C=O) groups excluding carboxylic acids is 1. The van der Waals surface area contributed by atoms with Gasteiger partial charge < -0.3 is 15.1 Å². The van der Waals surface area contributed by atoms with E-state index in [-0.39, 0.29) is 5.91 Å². The topological polar surface area (TPSA) is 80.5 Å². The summed E-state index contributed by atoms with van der Waals surface area (Å²) in [6.45, 7) is 0. The van der Waals surface area contributed by atoms with Crippen molar-refractivity contribution < 1.29 is 9.53 Å². The van der Waals surface area contributed by atoms with Crippen molar-refractivity contribution in [1.82, 2.24) is 4.98 Å². The van der Waals surface area contributed by atoms with E-state index in [9.17, 15) is 4.79 Å². The molecule has 0 bridgehead atoms. The molecule has 0 spiro atoms. The van der Waals surface area contributed by atoms with Crippen LogP contribution in [-0.4, -0.2) is 25.0 Å². The number of rotatable bonds is 4. The summed E-state index contributed by atoms with van der Waals surface area (Å²) in [5.74, 6) is 6.19. The van der Waals surface area contributed by atoms with Gasteiger partial charge >= 0.3 is 0 Å². The summed E-state index contributed by atoms with van der Waals surface area (Å²) in [6.07, 6.45) is 0. The van der Waals surface area contributed by atoms with E-state index in [1.165, 1.54) is 4.90 Å². The standard InChI is InChI=1S/C14H16N4O2/c1-18(10-5-3-6-11(9-10)20-2)14(19)12-7-4-8-13(16-12)17-15/h3-9H,15H2,1-2H3,(H,16,17). The van der Waals surface area contributed by atoms with E-state index in [0.717, 1.165) is 5.69 Å². The number of ether oxygens (including phenoxy) is 1. The van der Waals surface area contributed by atoms with Gasteiger partial charge in [0, 0.05) is 18.8 Å². The minimum atomic E-state index is -0.227. The summed E-state index contributed by atoms with van der Waals surface area (Å²) in [4.78, 5) is 18.0. The van der Waals surface area contributed by atoms with E-state index in [0.29, 0.717) is 17.3 Å². The number of aromatic nitrogens is 1. The number of hydrazine groups is 1. The lowest BCUT2D eigenvalue weighted by Crippen LogP contribution is -2.27. The first-order valence-electron chi connectivity index (χ1n) is 6.01. The number of nitrogens with one attached hydrogen (secondary N) is 1. The Labute approximate surface area is 117 Å². The maximum atomic E-state index is 12.4. The van der Waals surface area contributed by atoms with Crippen LogP contribution in [0.25, 0.3) is 0 Å². The fourth-order valence-electron chi connectivity index (χ4n) is 1.74. The molecule has 6 heteroatoms. The van der Waals surface area contributed by atoms with Crippen LogP contribution in [0.4, 0.5) is 11.5 Å². The molecule has 0 radical (unpaired) electrons. The molecule has 0 atom stereocenters. The molecule has 6 nitrogen and oxygen atoms in total. The van der Waals surface area contributed by atoms with Gasteiger partial charge in [-0.1, -0.05) is 12.1 Å². The SMILES string of the molecule is COc1cccc(N(C)C(=O)c2cccc(NN)n2)c1. The average molecular weight is 272 g/mol. The average Bonchev–Trinajstić information content (AvgIpc) is 2.53. The van der Waals surface area contributed by atoms with E-state index in [1.807, 2.05) is 18.2 Å². The molecule has 1 amide bonds. The summed E-state index contributed by atoms with van der Waals surface area (Å²) in [5, 5.41) is 0. The number of amides is 1. The lowest BCUT2D eigenvalue weighted by atomic mass is 10.2. The molecule has 2 rings (SSSR count). The Morgan fingerprint density at radius 1 is 1.30 bits per heavy atom. The molecule has 0 aliphatic rings. The number of benzene rings is 1. The van der Waals surface area contributed by atoms with Gasteiger partial charge in [-0.05, 0) is 24.3 Å². The van der Waals surface area contributed by atoms with Crippen molar-refractivity contribution >= 4 is 17.4 Å². The first-order chi connectivity index (χ1) is 9.65. The van der Waals surface area contributed by atoms with Crippen LogP contribution >= 0.6 is 0 Å². The van der Waals surface area contributed by atoms with Gasteiger partial charge in [0.25, 0.3) is 5.91 Å². The zero-order valence-corrected chi connectivity index (χ0v) is 11.3. The van der Waals surface area contributed by atoms with Gasteiger partial charge in [0.2, 0.25) is 0 Å². The maximum Gasteiger partial charge on any atom is 0.276 e. The van der Waals surface area contributed by atoms with Gasteiger partial charge in [-0.15, -0.1) is 0 Å². The smallest absolute Gasteiger partial charge is 0.276 e. The second-order valence-corrected chi connectivity index (χ2v) is 4.12. The maximum absolute atomic E-state index is 12.4. The molecule has 0 aliphatic carbocycles. The zero-order chi connectivity index (χ0) is 14.5. The third kappa shape index (κ3) is 2.86. The van der Waals surface area contributed by atoms with Crippen molar-refractivity contribution in [2.24, 2.45) is 5.84 Å². The molecule has 0 fully saturated rings. The fraction of sp³-hybridized carbons (Fsp3) is 0.143. The number of hydrogen-bond donors (Lipinski definition) is 2. The second kappa shape index (κ2) is 6.03. The summed E-state index contributed by atoms with van der Waals surface area (Å²) in [5.41, 5.74) is 3.45. The Morgan fingerprint density at radius 2 is 2.05 bits per heavy atom. The van der Waals surface area contributed by atoms with E-state index < -0.39 is 0 Å². The summed E-state index contributed by atoms with van der Waals surface area (Å²) in [7, 11) is 3.26. The predicted octanol–water partition coefficient (Wildman–Crippen LogP) is 1.65. The van der Waals surface area contributed by atoms with Gasteiger partial charge in [-0.2, -0.15) is 0 Å². The monoisotopic (exact) mass is 272 g/mol. The van der Waals surface area contributed by atoms with Crippen LogP contribution in [-0.2, 0) is 0 Å². The van der Waals surface area contributed by atoms with Crippen molar-refractivity contribution in [3.63, 3.8) is 0 Å². The molecule has 1 aromatic heterocycles. The van der Waals surface area contributed by atoms with E-state index >= 15 is 0 Å². The van der Waals surface area contributed by atoms with Gasteiger partial charge in [0.05, 0.1) is 7.11 Å². The van der Waals surface area contributed by atoms with Crippen LogP contribution < -0.4 is 20.9 Å². The van der Waals surface area contributed by atoms with Gasteiger partial charge in [0.15, 0.2) is 0 Å². The molecule has 20 heavy (non-hydrogen) atoms. The molecule has 0 aliphatic heterocycles. The van der Waals surface area contributed by atoms with Crippen molar-refractivity contribution in [2.75, 3.05) is 24.5 Å². The number of nitrogens with zero attached hydrogens (tertiary/aromatic N) is 2.